The first-order valence-electron chi connectivity index (χ1n) is 8.81. The predicted octanol–water partition coefficient (Wildman–Crippen LogP) is 2.97. The van der Waals surface area contributed by atoms with Crippen molar-refractivity contribution in [3.63, 3.8) is 0 Å². The minimum Gasteiger partial charge on any atom is -0.342 e. The highest BCUT2D eigenvalue weighted by atomic mass is 32.2. The Hall–Kier alpha value is -2.74. The third-order valence-electron chi connectivity index (χ3n) is 4.25. The van der Waals surface area contributed by atoms with Gasteiger partial charge in [0.2, 0.25) is 5.91 Å². The van der Waals surface area contributed by atoms with Gasteiger partial charge in [0, 0.05) is 32.5 Å². The average Bonchev–Trinajstić information content (AvgIpc) is 3.08. The van der Waals surface area contributed by atoms with Gasteiger partial charge in [-0.1, -0.05) is 42.1 Å². The monoisotopic (exact) mass is 382 g/mol. The molecule has 0 N–H and O–H groups in total. The molecule has 0 aliphatic heterocycles. The van der Waals surface area contributed by atoms with E-state index in [9.17, 15) is 4.79 Å². The molecule has 2 aromatic heterocycles. The van der Waals surface area contributed by atoms with Crippen molar-refractivity contribution >= 4 is 17.7 Å². The molecule has 7 nitrogen and oxygen atoms in total. The molecule has 1 aromatic carbocycles. The molecule has 1 amide bonds. The van der Waals surface area contributed by atoms with Gasteiger partial charge in [-0.3, -0.25) is 9.78 Å². The number of benzene rings is 1. The van der Waals surface area contributed by atoms with E-state index in [4.69, 9.17) is 0 Å². The third-order valence-corrected chi connectivity index (χ3v) is 5.53. The molecule has 27 heavy (non-hydrogen) atoms. The molecule has 0 spiro atoms. The lowest BCUT2D eigenvalue weighted by Gasteiger charge is -2.24. The summed E-state index contributed by atoms with van der Waals surface area (Å²) in [5.41, 5.74) is 1.59. The van der Waals surface area contributed by atoms with Crippen molar-refractivity contribution in [2.75, 3.05) is 13.1 Å². The molecule has 8 heteroatoms. The lowest BCUT2D eigenvalue weighted by atomic mass is 10.1. The van der Waals surface area contributed by atoms with Gasteiger partial charge in [0.25, 0.3) is 0 Å². The van der Waals surface area contributed by atoms with E-state index in [1.165, 1.54) is 11.8 Å². The van der Waals surface area contributed by atoms with Crippen LogP contribution in [0, 0.1) is 0 Å². The van der Waals surface area contributed by atoms with E-state index in [1.54, 1.807) is 18.6 Å². The summed E-state index contributed by atoms with van der Waals surface area (Å²) in [5, 5.41) is 8.80. The van der Waals surface area contributed by atoms with Crippen molar-refractivity contribution in [1.29, 1.82) is 0 Å². The Kier molecular flexibility index (Phi) is 6.18. The van der Waals surface area contributed by atoms with Gasteiger partial charge in [0.15, 0.2) is 11.0 Å². The Bertz CT molecular complexity index is 880. The van der Waals surface area contributed by atoms with Crippen LogP contribution in [-0.4, -0.2) is 48.6 Å². The number of aromatic nitrogens is 5. The zero-order chi connectivity index (χ0) is 19.2. The Morgan fingerprint density at radius 2 is 1.89 bits per heavy atom. The standard InChI is InChI=1S/C19H22N6OS/c1-4-25(5-2)18(26)16(14-9-7-6-8-10-14)27-19-23-22-17(24(19)3)15-13-20-11-12-21-15/h6-13,16H,4-5H2,1-3H3/t16-/m1/s1. The fourth-order valence-electron chi connectivity index (χ4n) is 2.75. The maximum absolute atomic E-state index is 13.1. The van der Waals surface area contributed by atoms with Crippen LogP contribution in [0.15, 0.2) is 54.1 Å². The molecule has 0 bridgehead atoms. The van der Waals surface area contributed by atoms with Gasteiger partial charge in [-0.2, -0.15) is 0 Å². The molecular weight excluding hydrogens is 360 g/mol. The van der Waals surface area contributed by atoms with Crippen molar-refractivity contribution in [2.24, 2.45) is 7.05 Å². The van der Waals surface area contributed by atoms with E-state index in [1.807, 2.05) is 60.7 Å². The maximum atomic E-state index is 13.1. The summed E-state index contributed by atoms with van der Waals surface area (Å²) in [5.74, 6) is 0.688. The summed E-state index contributed by atoms with van der Waals surface area (Å²) in [7, 11) is 1.87. The van der Waals surface area contributed by atoms with Crippen LogP contribution < -0.4 is 0 Å². The van der Waals surface area contributed by atoms with Crippen molar-refractivity contribution in [3.8, 4) is 11.5 Å². The quantitative estimate of drug-likeness (QED) is 0.585. The summed E-state index contributed by atoms with van der Waals surface area (Å²) in [6, 6.07) is 9.78. The molecule has 1 atom stereocenters. The number of amides is 1. The third kappa shape index (κ3) is 4.16. The van der Waals surface area contributed by atoms with E-state index in [0.29, 0.717) is 29.8 Å². The SMILES string of the molecule is CCN(CC)C(=O)[C@H](Sc1nnc(-c2cnccn2)n1C)c1ccccc1. The molecule has 3 aromatic rings. The van der Waals surface area contributed by atoms with Gasteiger partial charge in [-0.25, -0.2) is 4.98 Å². The van der Waals surface area contributed by atoms with Gasteiger partial charge < -0.3 is 9.47 Å². The van der Waals surface area contributed by atoms with Gasteiger partial charge in [0.05, 0.1) is 6.20 Å². The Balaban J connectivity index is 1.93. The molecule has 0 saturated heterocycles. The number of likely N-dealkylation sites (N-methyl/N-ethyl adjacent to an activating group) is 1. The smallest absolute Gasteiger partial charge is 0.240 e. The number of hydrogen-bond acceptors (Lipinski definition) is 6. The number of thioether (sulfide) groups is 1. The lowest BCUT2D eigenvalue weighted by Crippen LogP contribution is -2.34. The topological polar surface area (TPSA) is 76.8 Å². The number of carbonyl (C=O) groups is 1. The van der Waals surface area contributed by atoms with E-state index in [-0.39, 0.29) is 11.2 Å². The van der Waals surface area contributed by atoms with Crippen LogP contribution in [0.1, 0.15) is 24.7 Å². The van der Waals surface area contributed by atoms with Crippen LogP contribution in [0.2, 0.25) is 0 Å². The first kappa shape index (κ1) is 19.0. The molecule has 0 radical (unpaired) electrons. The number of rotatable bonds is 7. The summed E-state index contributed by atoms with van der Waals surface area (Å²) in [6.45, 7) is 5.32. The van der Waals surface area contributed by atoms with Gasteiger partial charge in [0.1, 0.15) is 10.9 Å². The van der Waals surface area contributed by atoms with Gasteiger partial charge in [-0.05, 0) is 19.4 Å². The largest absolute Gasteiger partial charge is 0.342 e. The van der Waals surface area contributed by atoms with Crippen LogP contribution in [0.25, 0.3) is 11.5 Å². The van der Waals surface area contributed by atoms with Crippen LogP contribution in [0.3, 0.4) is 0 Å². The van der Waals surface area contributed by atoms with Crippen LogP contribution in [0.4, 0.5) is 0 Å². The molecule has 0 aliphatic rings. The van der Waals surface area contributed by atoms with Crippen molar-refractivity contribution in [2.45, 2.75) is 24.3 Å². The minimum absolute atomic E-state index is 0.0697. The maximum Gasteiger partial charge on any atom is 0.240 e. The second-order valence-electron chi connectivity index (χ2n) is 5.87. The highest BCUT2D eigenvalue weighted by Crippen LogP contribution is 2.36. The van der Waals surface area contributed by atoms with E-state index < -0.39 is 0 Å². The second-order valence-corrected chi connectivity index (χ2v) is 6.95. The van der Waals surface area contributed by atoms with Crippen LogP contribution in [-0.2, 0) is 11.8 Å². The fraction of sp³-hybridized carbons (Fsp3) is 0.316. The molecule has 0 fully saturated rings. The molecule has 2 heterocycles. The van der Waals surface area contributed by atoms with Crippen LogP contribution in [0.5, 0.6) is 0 Å². The second kappa shape index (κ2) is 8.77. The van der Waals surface area contributed by atoms with Crippen molar-refractivity contribution in [1.82, 2.24) is 29.6 Å². The summed E-state index contributed by atoms with van der Waals surface area (Å²) < 4.78 is 1.85. The van der Waals surface area contributed by atoms with Crippen molar-refractivity contribution < 1.29 is 4.79 Å². The Morgan fingerprint density at radius 1 is 1.15 bits per heavy atom. The number of carbonyl (C=O) groups excluding carboxylic acids is 1. The molecule has 3 rings (SSSR count). The first-order chi connectivity index (χ1) is 13.2. The van der Waals surface area contributed by atoms with E-state index in [0.717, 1.165) is 5.56 Å². The normalized spacial score (nSPS) is 12.0. The first-order valence-corrected chi connectivity index (χ1v) is 9.69. The molecule has 0 unspecified atom stereocenters. The van der Waals surface area contributed by atoms with Crippen molar-refractivity contribution in [3.05, 3.63) is 54.5 Å². The number of nitrogens with zero attached hydrogens (tertiary/aromatic N) is 6. The Morgan fingerprint density at radius 3 is 2.52 bits per heavy atom. The fourth-order valence-corrected chi connectivity index (χ4v) is 3.84. The average molecular weight is 382 g/mol. The summed E-state index contributed by atoms with van der Waals surface area (Å²) in [6.07, 6.45) is 4.88. The summed E-state index contributed by atoms with van der Waals surface area (Å²) >= 11 is 1.40. The highest BCUT2D eigenvalue weighted by molar-refractivity contribution is 8.00. The molecule has 0 saturated carbocycles. The molecule has 140 valence electrons. The molecule has 0 aliphatic carbocycles. The van der Waals surface area contributed by atoms with Gasteiger partial charge in [-0.15, -0.1) is 10.2 Å². The van der Waals surface area contributed by atoms with E-state index >= 15 is 0 Å². The number of hydrogen-bond donors (Lipinski definition) is 0. The highest BCUT2D eigenvalue weighted by Gasteiger charge is 2.28. The minimum atomic E-state index is -0.385. The van der Waals surface area contributed by atoms with E-state index in [2.05, 4.69) is 20.2 Å². The predicted molar refractivity (Wildman–Crippen MR) is 105 cm³/mol. The molecular formula is C19H22N6OS. The zero-order valence-electron chi connectivity index (χ0n) is 15.6. The Labute approximate surface area is 162 Å². The summed E-state index contributed by atoms with van der Waals surface area (Å²) in [4.78, 5) is 23.3. The zero-order valence-corrected chi connectivity index (χ0v) is 16.4. The van der Waals surface area contributed by atoms with Crippen LogP contribution >= 0.6 is 11.8 Å². The van der Waals surface area contributed by atoms with Gasteiger partial charge >= 0.3 is 0 Å². The lowest BCUT2D eigenvalue weighted by molar-refractivity contribution is -0.130.